The minimum Gasteiger partial charge on any atom is -0.354 e. The molecule has 1 amide bonds. The fourth-order valence-electron chi connectivity index (χ4n) is 3.02. The van der Waals surface area contributed by atoms with Crippen molar-refractivity contribution in [3.8, 4) is 0 Å². The van der Waals surface area contributed by atoms with Gasteiger partial charge in [0.2, 0.25) is 15.9 Å². The highest BCUT2D eigenvalue weighted by Crippen LogP contribution is 2.23. The van der Waals surface area contributed by atoms with Gasteiger partial charge in [0.1, 0.15) is 6.04 Å². The van der Waals surface area contributed by atoms with E-state index >= 15 is 0 Å². The van der Waals surface area contributed by atoms with Crippen LogP contribution in [-0.4, -0.2) is 33.2 Å². The van der Waals surface area contributed by atoms with Crippen molar-refractivity contribution < 1.29 is 13.2 Å². The van der Waals surface area contributed by atoms with Gasteiger partial charge >= 0.3 is 0 Å². The van der Waals surface area contributed by atoms with E-state index in [1.165, 1.54) is 4.31 Å². The van der Waals surface area contributed by atoms with Gasteiger partial charge in [-0.15, -0.1) is 0 Å². The molecule has 1 atom stereocenters. The lowest BCUT2D eigenvalue weighted by molar-refractivity contribution is -0.121. The maximum absolute atomic E-state index is 12.6. The Balaban J connectivity index is 2.11. The molecule has 1 N–H and O–H groups in total. The van der Waals surface area contributed by atoms with Crippen molar-refractivity contribution >= 4 is 33.2 Å². The number of nitrogens with zero attached hydrogens (tertiary/aromatic N) is 1. The normalized spacial score (nSPS) is 12.5. The molecule has 7 heteroatoms. The number of carbonyl (C=O) groups is 1. The second-order valence-electron chi connectivity index (χ2n) is 6.75. The van der Waals surface area contributed by atoms with E-state index in [2.05, 4.69) is 5.32 Å². The first-order valence-electron chi connectivity index (χ1n) is 8.68. The Morgan fingerprint density at radius 2 is 1.67 bits per heavy atom. The van der Waals surface area contributed by atoms with Crippen LogP contribution in [0.15, 0.2) is 42.5 Å². The summed E-state index contributed by atoms with van der Waals surface area (Å²) in [5.74, 6) is -0.339. The lowest BCUT2D eigenvalue weighted by Crippen LogP contribution is -2.48. The fourth-order valence-corrected chi connectivity index (χ4v) is 4.30. The Bertz CT molecular complexity index is 891. The van der Waals surface area contributed by atoms with Crippen molar-refractivity contribution in [2.24, 2.45) is 0 Å². The lowest BCUT2D eigenvalue weighted by atomic mass is 10.1. The molecule has 0 spiro atoms. The molecule has 0 aromatic heterocycles. The van der Waals surface area contributed by atoms with Crippen LogP contribution in [0, 0.1) is 13.8 Å². The van der Waals surface area contributed by atoms with Crippen LogP contribution in [0.5, 0.6) is 0 Å². The molecule has 0 unspecified atom stereocenters. The molecule has 0 fully saturated rings. The number of hydrogen-bond donors (Lipinski definition) is 1. The monoisotopic (exact) mass is 408 g/mol. The second kappa shape index (κ2) is 8.76. The van der Waals surface area contributed by atoms with Crippen LogP contribution in [0.4, 0.5) is 5.69 Å². The number of nitrogens with one attached hydrogen (secondary N) is 1. The summed E-state index contributed by atoms with van der Waals surface area (Å²) in [5.41, 5.74) is 3.42. The Kier molecular flexibility index (Phi) is 6.89. The first-order valence-corrected chi connectivity index (χ1v) is 10.9. The van der Waals surface area contributed by atoms with Gasteiger partial charge in [-0.2, -0.15) is 0 Å². The SMILES string of the molecule is Cc1cc(C)cc(N([C@@H](C)C(=O)NCCc2ccc(Cl)cc2)S(C)(=O)=O)c1. The number of hydrogen-bond acceptors (Lipinski definition) is 3. The van der Waals surface area contributed by atoms with E-state index in [-0.39, 0.29) is 5.91 Å². The zero-order valence-electron chi connectivity index (χ0n) is 16.0. The molecule has 27 heavy (non-hydrogen) atoms. The van der Waals surface area contributed by atoms with E-state index in [0.29, 0.717) is 23.7 Å². The van der Waals surface area contributed by atoms with Crippen LogP contribution in [0.25, 0.3) is 0 Å². The maximum atomic E-state index is 12.6. The third-order valence-corrected chi connectivity index (χ3v) is 5.67. The highest BCUT2D eigenvalue weighted by molar-refractivity contribution is 7.92. The molecule has 0 radical (unpaired) electrons. The summed E-state index contributed by atoms with van der Waals surface area (Å²) in [6, 6.07) is 12.0. The predicted octanol–water partition coefficient (Wildman–Crippen LogP) is 3.47. The number of benzene rings is 2. The van der Waals surface area contributed by atoms with Crippen molar-refractivity contribution in [2.75, 3.05) is 17.1 Å². The van der Waals surface area contributed by atoms with E-state index < -0.39 is 16.1 Å². The smallest absolute Gasteiger partial charge is 0.243 e. The molecule has 0 aliphatic rings. The van der Waals surface area contributed by atoms with Crippen LogP contribution in [0.2, 0.25) is 5.02 Å². The summed E-state index contributed by atoms with van der Waals surface area (Å²) in [5, 5.41) is 3.48. The maximum Gasteiger partial charge on any atom is 0.243 e. The van der Waals surface area contributed by atoms with Gasteiger partial charge in [0, 0.05) is 11.6 Å². The Morgan fingerprint density at radius 3 is 2.19 bits per heavy atom. The first kappa shape index (κ1) is 21.3. The average Bonchev–Trinajstić information content (AvgIpc) is 2.54. The van der Waals surface area contributed by atoms with Gasteiger partial charge in [0.05, 0.1) is 11.9 Å². The largest absolute Gasteiger partial charge is 0.354 e. The van der Waals surface area contributed by atoms with E-state index in [0.717, 1.165) is 22.9 Å². The number of amides is 1. The minimum absolute atomic E-state index is 0.339. The van der Waals surface area contributed by atoms with Gasteiger partial charge in [0.25, 0.3) is 0 Å². The molecule has 2 rings (SSSR count). The van der Waals surface area contributed by atoms with Gasteiger partial charge in [0.15, 0.2) is 0 Å². The first-order chi connectivity index (χ1) is 12.6. The molecule has 146 valence electrons. The Labute approximate surface area is 166 Å². The van der Waals surface area contributed by atoms with Crippen molar-refractivity contribution in [1.29, 1.82) is 0 Å². The minimum atomic E-state index is -3.62. The zero-order chi connectivity index (χ0) is 20.2. The third kappa shape index (κ3) is 5.97. The molecule has 0 aliphatic heterocycles. The summed E-state index contributed by atoms with van der Waals surface area (Å²) in [7, 11) is -3.62. The molecule has 2 aromatic rings. The second-order valence-corrected chi connectivity index (χ2v) is 9.04. The lowest BCUT2D eigenvalue weighted by Gasteiger charge is -2.28. The number of anilines is 1. The molecule has 2 aromatic carbocycles. The molecule has 0 aliphatic carbocycles. The number of rotatable bonds is 7. The highest BCUT2D eigenvalue weighted by atomic mass is 35.5. The number of carbonyl (C=O) groups excluding carboxylic acids is 1. The third-order valence-electron chi connectivity index (χ3n) is 4.18. The number of sulfonamides is 1. The van der Waals surface area contributed by atoms with Crippen molar-refractivity contribution in [3.05, 3.63) is 64.2 Å². The average molecular weight is 409 g/mol. The summed E-state index contributed by atoms with van der Waals surface area (Å²) in [4.78, 5) is 12.6. The van der Waals surface area contributed by atoms with Crippen LogP contribution in [-0.2, 0) is 21.2 Å². The van der Waals surface area contributed by atoms with Crippen LogP contribution >= 0.6 is 11.6 Å². The van der Waals surface area contributed by atoms with Crippen LogP contribution in [0.1, 0.15) is 23.6 Å². The molecule has 0 saturated carbocycles. The van der Waals surface area contributed by atoms with Gasteiger partial charge in [-0.3, -0.25) is 9.10 Å². The van der Waals surface area contributed by atoms with Gasteiger partial charge < -0.3 is 5.32 Å². The van der Waals surface area contributed by atoms with Crippen molar-refractivity contribution in [2.45, 2.75) is 33.2 Å². The van der Waals surface area contributed by atoms with Crippen molar-refractivity contribution in [3.63, 3.8) is 0 Å². The van der Waals surface area contributed by atoms with E-state index in [9.17, 15) is 13.2 Å². The molecule has 0 bridgehead atoms. The molecule has 0 saturated heterocycles. The van der Waals surface area contributed by atoms with Gasteiger partial charge in [-0.1, -0.05) is 29.8 Å². The molecular weight excluding hydrogens is 384 g/mol. The highest BCUT2D eigenvalue weighted by Gasteiger charge is 2.29. The summed E-state index contributed by atoms with van der Waals surface area (Å²) in [6.45, 7) is 5.80. The topological polar surface area (TPSA) is 66.5 Å². The number of aryl methyl sites for hydroxylation is 2. The van der Waals surface area contributed by atoms with Crippen LogP contribution < -0.4 is 9.62 Å². The Hall–Kier alpha value is -2.05. The summed E-state index contributed by atoms with van der Waals surface area (Å²) < 4.78 is 25.9. The van der Waals surface area contributed by atoms with Gasteiger partial charge in [-0.05, 0) is 68.1 Å². The van der Waals surface area contributed by atoms with E-state index in [4.69, 9.17) is 11.6 Å². The van der Waals surface area contributed by atoms with Crippen molar-refractivity contribution in [1.82, 2.24) is 5.32 Å². The standard InChI is InChI=1S/C20H25ClN2O3S/c1-14-11-15(2)13-19(12-14)23(27(4,25)26)16(3)20(24)22-10-9-17-5-7-18(21)8-6-17/h5-8,11-13,16H,9-10H2,1-4H3,(H,22,24)/t16-/m0/s1. The molecule has 5 nitrogen and oxygen atoms in total. The van der Waals surface area contributed by atoms with Crippen LogP contribution in [0.3, 0.4) is 0 Å². The quantitative estimate of drug-likeness (QED) is 0.762. The predicted molar refractivity (Wildman–Crippen MR) is 111 cm³/mol. The summed E-state index contributed by atoms with van der Waals surface area (Å²) >= 11 is 5.86. The molecular formula is C20H25ClN2O3S. The zero-order valence-corrected chi connectivity index (χ0v) is 17.6. The van der Waals surface area contributed by atoms with E-state index in [1.807, 2.05) is 32.0 Å². The molecule has 0 heterocycles. The Morgan fingerprint density at radius 1 is 1.11 bits per heavy atom. The van der Waals surface area contributed by atoms with E-state index in [1.54, 1.807) is 31.2 Å². The summed E-state index contributed by atoms with van der Waals surface area (Å²) in [6.07, 6.45) is 1.75. The fraction of sp³-hybridized carbons (Fsp3) is 0.350. The number of halogens is 1. The van der Waals surface area contributed by atoms with Gasteiger partial charge in [-0.25, -0.2) is 8.42 Å².